The normalized spacial score (nSPS) is 21.6. The van der Waals surface area contributed by atoms with Crippen molar-refractivity contribution in [2.75, 3.05) is 6.54 Å². The highest BCUT2D eigenvalue weighted by atomic mass is 35.5. The molecule has 0 aliphatic carbocycles. The SMILES string of the molecule is CC1CC(NC(=O)C(C)n2nnc(-c3ccccc3)n2)CCN1.Cl. The van der Waals surface area contributed by atoms with Crippen LogP contribution in [0.3, 0.4) is 0 Å². The molecule has 3 unspecified atom stereocenters. The molecule has 1 aliphatic heterocycles. The largest absolute Gasteiger partial charge is 0.351 e. The lowest BCUT2D eigenvalue weighted by molar-refractivity contribution is -0.125. The van der Waals surface area contributed by atoms with E-state index in [-0.39, 0.29) is 24.4 Å². The standard InChI is InChI=1S/C16H22N6O.ClH/c1-11-10-14(8-9-17-11)18-16(23)12(2)22-20-15(19-21-22)13-6-4-3-5-7-13;/h3-7,11-12,14,17H,8-10H2,1-2H3,(H,18,23);1H. The summed E-state index contributed by atoms with van der Waals surface area (Å²) in [6.45, 7) is 4.85. The van der Waals surface area contributed by atoms with E-state index in [1.807, 2.05) is 30.3 Å². The van der Waals surface area contributed by atoms with Gasteiger partial charge in [0.1, 0.15) is 6.04 Å². The third-order valence-corrected chi connectivity index (χ3v) is 4.16. The fraction of sp³-hybridized carbons (Fsp3) is 0.500. The topological polar surface area (TPSA) is 84.7 Å². The summed E-state index contributed by atoms with van der Waals surface area (Å²) in [5, 5.41) is 18.9. The summed E-state index contributed by atoms with van der Waals surface area (Å²) in [7, 11) is 0. The monoisotopic (exact) mass is 350 g/mol. The molecule has 1 aliphatic rings. The van der Waals surface area contributed by atoms with Crippen LogP contribution in [0.1, 0.15) is 32.7 Å². The third kappa shape index (κ3) is 4.30. The minimum Gasteiger partial charge on any atom is -0.351 e. The Kier molecular flexibility index (Phi) is 6.28. The lowest BCUT2D eigenvalue weighted by Crippen LogP contribution is -2.48. The number of aromatic nitrogens is 4. The highest BCUT2D eigenvalue weighted by Gasteiger charge is 2.24. The molecular formula is C16H23ClN6O. The second-order valence-electron chi connectivity index (χ2n) is 6.06. The van der Waals surface area contributed by atoms with Crippen molar-refractivity contribution in [3.63, 3.8) is 0 Å². The van der Waals surface area contributed by atoms with Crippen molar-refractivity contribution in [3.05, 3.63) is 30.3 Å². The number of hydrogen-bond donors (Lipinski definition) is 2. The zero-order valence-corrected chi connectivity index (χ0v) is 14.7. The summed E-state index contributed by atoms with van der Waals surface area (Å²) in [5.41, 5.74) is 0.888. The maximum atomic E-state index is 12.4. The van der Waals surface area contributed by atoms with E-state index in [1.165, 1.54) is 4.80 Å². The van der Waals surface area contributed by atoms with Crippen LogP contribution in [-0.2, 0) is 4.79 Å². The van der Waals surface area contributed by atoms with Gasteiger partial charge >= 0.3 is 0 Å². The molecule has 8 heteroatoms. The number of halogens is 1. The molecule has 0 radical (unpaired) electrons. The maximum absolute atomic E-state index is 12.4. The third-order valence-electron chi connectivity index (χ3n) is 4.16. The van der Waals surface area contributed by atoms with Crippen LogP contribution in [0, 0.1) is 0 Å². The van der Waals surface area contributed by atoms with Gasteiger partial charge in [-0.2, -0.15) is 4.80 Å². The molecule has 0 spiro atoms. The van der Waals surface area contributed by atoms with Gasteiger partial charge in [-0.25, -0.2) is 0 Å². The van der Waals surface area contributed by atoms with Crippen molar-refractivity contribution >= 4 is 18.3 Å². The first-order chi connectivity index (χ1) is 11.1. The molecule has 0 saturated carbocycles. The number of benzene rings is 1. The minimum atomic E-state index is -0.481. The van der Waals surface area contributed by atoms with Crippen molar-refractivity contribution in [3.8, 4) is 11.4 Å². The van der Waals surface area contributed by atoms with E-state index in [0.717, 1.165) is 24.9 Å². The van der Waals surface area contributed by atoms with Gasteiger partial charge in [0.15, 0.2) is 0 Å². The number of tetrazole rings is 1. The molecular weight excluding hydrogens is 328 g/mol. The molecule has 3 rings (SSSR count). The van der Waals surface area contributed by atoms with Crippen molar-refractivity contribution < 1.29 is 4.79 Å². The predicted molar refractivity (Wildman–Crippen MR) is 93.8 cm³/mol. The van der Waals surface area contributed by atoms with Crippen molar-refractivity contribution in [2.24, 2.45) is 0 Å². The van der Waals surface area contributed by atoms with Gasteiger partial charge in [-0.3, -0.25) is 4.79 Å². The molecule has 1 fully saturated rings. The van der Waals surface area contributed by atoms with Gasteiger partial charge in [-0.1, -0.05) is 30.3 Å². The Labute approximate surface area is 147 Å². The highest BCUT2D eigenvalue weighted by molar-refractivity contribution is 5.85. The quantitative estimate of drug-likeness (QED) is 0.874. The number of hydrogen-bond acceptors (Lipinski definition) is 5. The second kappa shape index (κ2) is 8.21. The molecule has 1 aromatic heterocycles. The van der Waals surface area contributed by atoms with E-state index >= 15 is 0 Å². The molecule has 7 nitrogen and oxygen atoms in total. The fourth-order valence-electron chi connectivity index (χ4n) is 2.78. The van der Waals surface area contributed by atoms with E-state index in [4.69, 9.17) is 0 Å². The first-order valence-corrected chi connectivity index (χ1v) is 8.02. The summed E-state index contributed by atoms with van der Waals surface area (Å²) in [5.74, 6) is 0.460. The summed E-state index contributed by atoms with van der Waals surface area (Å²) < 4.78 is 0. The number of amides is 1. The van der Waals surface area contributed by atoms with Gasteiger partial charge in [0, 0.05) is 17.6 Å². The predicted octanol–water partition coefficient (Wildman–Crippen LogP) is 1.58. The molecule has 3 atom stereocenters. The van der Waals surface area contributed by atoms with Crippen molar-refractivity contribution in [1.29, 1.82) is 0 Å². The number of rotatable bonds is 4. The smallest absolute Gasteiger partial charge is 0.246 e. The molecule has 1 aromatic carbocycles. The molecule has 1 saturated heterocycles. The zero-order chi connectivity index (χ0) is 16.2. The average molecular weight is 351 g/mol. The molecule has 130 valence electrons. The van der Waals surface area contributed by atoms with Gasteiger partial charge in [0.05, 0.1) is 0 Å². The van der Waals surface area contributed by atoms with E-state index in [2.05, 4.69) is 33.0 Å². The van der Waals surface area contributed by atoms with E-state index in [0.29, 0.717) is 11.9 Å². The summed E-state index contributed by atoms with van der Waals surface area (Å²) in [6, 6.07) is 9.77. The minimum absolute atomic E-state index is 0. The molecule has 2 N–H and O–H groups in total. The Morgan fingerprint density at radius 3 is 2.83 bits per heavy atom. The lowest BCUT2D eigenvalue weighted by atomic mass is 10.0. The van der Waals surface area contributed by atoms with E-state index in [9.17, 15) is 4.79 Å². The van der Waals surface area contributed by atoms with Crippen LogP contribution in [0.4, 0.5) is 0 Å². The second-order valence-corrected chi connectivity index (χ2v) is 6.06. The van der Waals surface area contributed by atoms with Gasteiger partial charge in [-0.05, 0) is 38.4 Å². The van der Waals surface area contributed by atoms with Gasteiger partial charge < -0.3 is 10.6 Å². The Hall–Kier alpha value is -1.99. The van der Waals surface area contributed by atoms with Crippen molar-refractivity contribution in [2.45, 2.75) is 44.8 Å². The van der Waals surface area contributed by atoms with Crippen LogP contribution in [-0.4, -0.2) is 44.7 Å². The molecule has 2 aromatic rings. The highest BCUT2D eigenvalue weighted by Crippen LogP contribution is 2.14. The van der Waals surface area contributed by atoms with Gasteiger partial charge in [-0.15, -0.1) is 22.6 Å². The van der Waals surface area contributed by atoms with Crippen LogP contribution < -0.4 is 10.6 Å². The van der Waals surface area contributed by atoms with Crippen LogP contribution in [0.5, 0.6) is 0 Å². The zero-order valence-electron chi connectivity index (χ0n) is 13.8. The Bertz CT molecular complexity index is 662. The average Bonchev–Trinajstić information content (AvgIpc) is 3.05. The maximum Gasteiger partial charge on any atom is 0.246 e. The van der Waals surface area contributed by atoms with Crippen LogP contribution in [0.25, 0.3) is 11.4 Å². The summed E-state index contributed by atoms with van der Waals surface area (Å²) >= 11 is 0. The van der Waals surface area contributed by atoms with Gasteiger partial charge in [0.25, 0.3) is 0 Å². The fourth-order valence-corrected chi connectivity index (χ4v) is 2.78. The van der Waals surface area contributed by atoms with Crippen molar-refractivity contribution in [1.82, 2.24) is 30.8 Å². The first kappa shape index (κ1) is 18.4. The molecule has 2 heterocycles. The molecule has 24 heavy (non-hydrogen) atoms. The lowest BCUT2D eigenvalue weighted by Gasteiger charge is -2.29. The van der Waals surface area contributed by atoms with Crippen LogP contribution in [0.15, 0.2) is 30.3 Å². The molecule has 0 bridgehead atoms. The summed E-state index contributed by atoms with van der Waals surface area (Å²) in [6.07, 6.45) is 1.89. The number of carbonyl (C=O) groups is 1. The Balaban J connectivity index is 0.00000208. The van der Waals surface area contributed by atoms with E-state index < -0.39 is 6.04 Å². The van der Waals surface area contributed by atoms with Crippen LogP contribution in [0.2, 0.25) is 0 Å². The van der Waals surface area contributed by atoms with Crippen LogP contribution >= 0.6 is 12.4 Å². The Morgan fingerprint density at radius 1 is 1.38 bits per heavy atom. The first-order valence-electron chi connectivity index (χ1n) is 8.02. The van der Waals surface area contributed by atoms with E-state index in [1.54, 1.807) is 6.92 Å². The van der Waals surface area contributed by atoms with Gasteiger partial charge in [0.2, 0.25) is 11.7 Å². The number of nitrogens with one attached hydrogen (secondary N) is 2. The number of piperidine rings is 1. The Morgan fingerprint density at radius 2 is 2.12 bits per heavy atom. The number of nitrogens with zero attached hydrogens (tertiary/aromatic N) is 4. The summed E-state index contributed by atoms with van der Waals surface area (Å²) in [4.78, 5) is 13.8. The number of carbonyl (C=O) groups excluding carboxylic acids is 1. The molecule has 1 amide bonds.